The van der Waals surface area contributed by atoms with Crippen LogP contribution in [0.3, 0.4) is 0 Å². The third-order valence-electron chi connectivity index (χ3n) is 3.12. The summed E-state index contributed by atoms with van der Waals surface area (Å²) in [6, 6.07) is 11.1. The molecule has 0 saturated heterocycles. The van der Waals surface area contributed by atoms with Gasteiger partial charge in [0.2, 0.25) is 0 Å². The number of pyridine rings is 1. The Balaban J connectivity index is 0.00000264. The number of nitrogens with one attached hydrogen (secondary N) is 1. The number of para-hydroxylation sites is 1. The summed E-state index contributed by atoms with van der Waals surface area (Å²) < 4.78 is 5.66. The second-order valence-corrected chi connectivity index (χ2v) is 6.05. The molecule has 0 saturated carbocycles. The second-order valence-electron chi connectivity index (χ2n) is 6.05. The van der Waals surface area contributed by atoms with Gasteiger partial charge in [-0.05, 0) is 29.2 Å². The van der Waals surface area contributed by atoms with E-state index in [0.29, 0.717) is 11.5 Å². The van der Waals surface area contributed by atoms with Crippen molar-refractivity contribution >= 4 is 29.8 Å². The zero-order valence-electron chi connectivity index (χ0n) is 13.5. The molecule has 0 fully saturated rings. The van der Waals surface area contributed by atoms with Gasteiger partial charge in [0.05, 0.1) is 11.9 Å². The van der Waals surface area contributed by atoms with Gasteiger partial charge in [-0.3, -0.25) is 4.79 Å². The minimum Gasteiger partial charge on any atom is -0.483 e. The molecule has 0 radical (unpaired) electrons. The minimum absolute atomic E-state index is 0. The number of carbonyl (C=O) groups excluding carboxylic acids is 1. The number of amides is 1. The fourth-order valence-corrected chi connectivity index (χ4v) is 2.03. The highest BCUT2D eigenvalue weighted by Gasteiger charge is 2.18. The van der Waals surface area contributed by atoms with Crippen LogP contribution in [-0.2, 0) is 10.2 Å². The number of aromatic nitrogens is 1. The molecule has 0 aliphatic carbocycles. The summed E-state index contributed by atoms with van der Waals surface area (Å²) in [6.45, 7) is 6.26. The van der Waals surface area contributed by atoms with Crippen LogP contribution in [0.4, 0.5) is 11.5 Å². The monoisotopic (exact) mass is 335 g/mol. The van der Waals surface area contributed by atoms with Gasteiger partial charge in [-0.2, -0.15) is 0 Å². The molecule has 6 heteroatoms. The number of halogens is 1. The molecule has 0 unspecified atom stereocenters. The number of nitrogens with zero attached hydrogens (tertiary/aromatic N) is 1. The van der Waals surface area contributed by atoms with E-state index in [1.165, 1.54) is 6.20 Å². The Hall–Kier alpha value is -2.27. The lowest BCUT2D eigenvalue weighted by atomic mass is 9.86. The SMILES string of the molecule is CC(C)(C)c1ccccc1OCC(=O)Nc1ccc(N)nc1.Cl. The number of benzene rings is 1. The molecule has 2 rings (SSSR count). The molecule has 1 aromatic heterocycles. The first kappa shape index (κ1) is 18.8. The van der Waals surface area contributed by atoms with Gasteiger partial charge < -0.3 is 15.8 Å². The van der Waals surface area contributed by atoms with Crippen molar-refractivity contribution in [1.29, 1.82) is 0 Å². The predicted molar refractivity (Wildman–Crippen MR) is 95.2 cm³/mol. The lowest BCUT2D eigenvalue weighted by Gasteiger charge is -2.22. The van der Waals surface area contributed by atoms with Crippen molar-refractivity contribution < 1.29 is 9.53 Å². The number of anilines is 2. The molecule has 23 heavy (non-hydrogen) atoms. The van der Waals surface area contributed by atoms with Crippen molar-refractivity contribution in [2.75, 3.05) is 17.7 Å². The molecular weight excluding hydrogens is 314 g/mol. The summed E-state index contributed by atoms with van der Waals surface area (Å²) in [5.41, 5.74) is 7.11. The first-order chi connectivity index (χ1) is 10.4. The Kier molecular flexibility index (Phi) is 6.39. The second kappa shape index (κ2) is 7.83. The number of rotatable bonds is 4. The van der Waals surface area contributed by atoms with Gasteiger partial charge in [0.25, 0.3) is 5.91 Å². The molecule has 3 N–H and O–H groups in total. The normalized spacial score (nSPS) is 10.6. The fourth-order valence-electron chi connectivity index (χ4n) is 2.03. The number of nitrogens with two attached hydrogens (primary N) is 1. The van der Waals surface area contributed by atoms with Crippen LogP contribution in [0.15, 0.2) is 42.6 Å². The van der Waals surface area contributed by atoms with Crippen molar-refractivity contribution in [3.05, 3.63) is 48.2 Å². The Morgan fingerprint density at radius 2 is 1.91 bits per heavy atom. The highest BCUT2D eigenvalue weighted by molar-refractivity contribution is 5.91. The van der Waals surface area contributed by atoms with Gasteiger partial charge >= 0.3 is 0 Å². The quantitative estimate of drug-likeness (QED) is 0.897. The summed E-state index contributed by atoms with van der Waals surface area (Å²) in [5, 5.41) is 2.72. The van der Waals surface area contributed by atoms with Crippen LogP contribution in [0.2, 0.25) is 0 Å². The fraction of sp³-hybridized carbons (Fsp3) is 0.294. The van der Waals surface area contributed by atoms with E-state index in [2.05, 4.69) is 31.1 Å². The highest BCUT2D eigenvalue weighted by Crippen LogP contribution is 2.30. The molecular formula is C17H22ClN3O2. The van der Waals surface area contributed by atoms with Crippen LogP contribution in [-0.4, -0.2) is 17.5 Å². The van der Waals surface area contributed by atoms with Crippen molar-refractivity contribution in [2.45, 2.75) is 26.2 Å². The molecule has 0 bridgehead atoms. The van der Waals surface area contributed by atoms with E-state index >= 15 is 0 Å². The molecule has 0 aliphatic rings. The lowest BCUT2D eigenvalue weighted by Crippen LogP contribution is -2.22. The maximum absolute atomic E-state index is 11.9. The van der Waals surface area contributed by atoms with E-state index in [9.17, 15) is 4.79 Å². The zero-order chi connectivity index (χ0) is 16.2. The zero-order valence-corrected chi connectivity index (χ0v) is 14.3. The largest absolute Gasteiger partial charge is 0.483 e. The van der Waals surface area contributed by atoms with Crippen LogP contribution in [0.25, 0.3) is 0 Å². The first-order valence-electron chi connectivity index (χ1n) is 7.10. The van der Waals surface area contributed by atoms with E-state index in [-0.39, 0.29) is 30.3 Å². The van der Waals surface area contributed by atoms with Crippen LogP contribution < -0.4 is 15.8 Å². The molecule has 124 valence electrons. The lowest BCUT2D eigenvalue weighted by molar-refractivity contribution is -0.118. The van der Waals surface area contributed by atoms with E-state index < -0.39 is 0 Å². The Morgan fingerprint density at radius 1 is 1.22 bits per heavy atom. The van der Waals surface area contributed by atoms with Crippen molar-refractivity contribution in [3.63, 3.8) is 0 Å². The van der Waals surface area contributed by atoms with Gasteiger partial charge in [-0.1, -0.05) is 39.0 Å². The van der Waals surface area contributed by atoms with E-state index in [1.807, 2.05) is 24.3 Å². The van der Waals surface area contributed by atoms with Crippen LogP contribution >= 0.6 is 12.4 Å². The number of ether oxygens (including phenoxy) is 1. The predicted octanol–water partition coefficient (Wildman–Crippen LogP) is 3.40. The summed E-state index contributed by atoms with van der Waals surface area (Å²) in [5.74, 6) is 0.893. The Morgan fingerprint density at radius 3 is 2.52 bits per heavy atom. The van der Waals surface area contributed by atoms with Gasteiger partial charge in [-0.15, -0.1) is 12.4 Å². The average molecular weight is 336 g/mol. The van der Waals surface area contributed by atoms with Gasteiger partial charge in [0.1, 0.15) is 11.6 Å². The maximum Gasteiger partial charge on any atom is 0.262 e. The number of nitrogen functional groups attached to an aromatic ring is 1. The Labute approximate surface area is 142 Å². The third-order valence-corrected chi connectivity index (χ3v) is 3.12. The maximum atomic E-state index is 11.9. The van der Waals surface area contributed by atoms with E-state index in [1.54, 1.807) is 12.1 Å². The summed E-state index contributed by atoms with van der Waals surface area (Å²) >= 11 is 0. The van der Waals surface area contributed by atoms with Gasteiger partial charge in [0, 0.05) is 0 Å². The third kappa shape index (κ3) is 5.45. The Bertz CT molecular complexity index is 652. The van der Waals surface area contributed by atoms with Crippen molar-refractivity contribution in [3.8, 4) is 5.75 Å². The van der Waals surface area contributed by atoms with Crippen LogP contribution in [0, 0.1) is 0 Å². The molecule has 0 aliphatic heterocycles. The van der Waals surface area contributed by atoms with Gasteiger partial charge in [0.15, 0.2) is 6.61 Å². The molecule has 1 aromatic carbocycles. The molecule has 0 atom stereocenters. The first-order valence-corrected chi connectivity index (χ1v) is 7.10. The summed E-state index contributed by atoms with van der Waals surface area (Å²) in [4.78, 5) is 15.9. The average Bonchev–Trinajstić information content (AvgIpc) is 2.47. The van der Waals surface area contributed by atoms with E-state index in [0.717, 1.165) is 11.3 Å². The van der Waals surface area contributed by atoms with Crippen molar-refractivity contribution in [2.24, 2.45) is 0 Å². The van der Waals surface area contributed by atoms with E-state index in [4.69, 9.17) is 10.5 Å². The van der Waals surface area contributed by atoms with Crippen LogP contribution in [0.5, 0.6) is 5.75 Å². The minimum atomic E-state index is -0.240. The number of hydrogen-bond donors (Lipinski definition) is 2. The molecule has 5 nitrogen and oxygen atoms in total. The number of hydrogen-bond acceptors (Lipinski definition) is 4. The molecule has 1 heterocycles. The topological polar surface area (TPSA) is 77.2 Å². The number of carbonyl (C=O) groups is 1. The summed E-state index contributed by atoms with van der Waals surface area (Å²) in [6.07, 6.45) is 1.51. The molecule has 1 amide bonds. The van der Waals surface area contributed by atoms with Crippen molar-refractivity contribution in [1.82, 2.24) is 4.98 Å². The molecule has 2 aromatic rings. The summed E-state index contributed by atoms with van der Waals surface area (Å²) in [7, 11) is 0. The smallest absolute Gasteiger partial charge is 0.262 e. The van der Waals surface area contributed by atoms with Crippen LogP contribution in [0.1, 0.15) is 26.3 Å². The molecule has 0 spiro atoms. The van der Waals surface area contributed by atoms with Gasteiger partial charge in [-0.25, -0.2) is 4.98 Å². The highest BCUT2D eigenvalue weighted by atomic mass is 35.5. The standard InChI is InChI=1S/C17H21N3O2.ClH/c1-17(2,3)13-6-4-5-7-14(13)22-11-16(21)20-12-8-9-15(18)19-10-12;/h4-10H,11H2,1-3H3,(H2,18,19)(H,20,21);1H.